The van der Waals surface area contributed by atoms with Crippen LogP contribution in [0.25, 0.3) is 0 Å². The quantitative estimate of drug-likeness (QED) is 0.850. The molecule has 1 heterocycles. The van der Waals surface area contributed by atoms with Gasteiger partial charge in [-0.3, -0.25) is 4.79 Å². The largest absolute Gasteiger partial charge is 0.480 e. The van der Waals surface area contributed by atoms with Gasteiger partial charge < -0.3 is 9.67 Å². The first kappa shape index (κ1) is 14.7. The average molecular weight is 274 g/mol. The molecular formula is C11H18N2O4S. The summed E-state index contributed by atoms with van der Waals surface area (Å²) in [4.78, 5) is 11.2. The van der Waals surface area contributed by atoms with Crippen LogP contribution in [0.5, 0.6) is 0 Å². The maximum absolute atomic E-state index is 12.0. The molecule has 1 atom stereocenters. The predicted octanol–water partition coefficient (Wildman–Crippen LogP) is 0.803. The first-order valence-electron chi connectivity index (χ1n) is 5.41. The van der Waals surface area contributed by atoms with E-state index in [0.29, 0.717) is 0 Å². The molecule has 0 aromatic carbocycles. The summed E-state index contributed by atoms with van der Waals surface area (Å²) in [5.74, 6) is -1.19. The highest BCUT2D eigenvalue weighted by Gasteiger charge is 2.35. The summed E-state index contributed by atoms with van der Waals surface area (Å²) >= 11 is 0. The zero-order chi connectivity index (χ0) is 14.1. The van der Waals surface area contributed by atoms with E-state index in [4.69, 9.17) is 5.11 Å². The van der Waals surface area contributed by atoms with E-state index in [2.05, 4.69) is 4.72 Å². The summed E-state index contributed by atoms with van der Waals surface area (Å²) in [6.07, 6.45) is 3.01. The van der Waals surface area contributed by atoms with E-state index in [1.165, 1.54) is 12.3 Å². The summed E-state index contributed by atoms with van der Waals surface area (Å²) in [5, 5.41) is 9.09. The van der Waals surface area contributed by atoms with Gasteiger partial charge in [0.1, 0.15) is 6.04 Å². The number of nitrogens with zero attached hydrogens (tertiary/aromatic N) is 1. The van der Waals surface area contributed by atoms with Crippen LogP contribution in [0.15, 0.2) is 23.4 Å². The van der Waals surface area contributed by atoms with Crippen LogP contribution in [0, 0.1) is 5.41 Å². The van der Waals surface area contributed by atoms with Crippen molar-refractivity contribution < 1.29 is 18.3 Å². The topological polar surface area (TPSA) is 88.4 Å². The fourth-order valence-corrected chi connectivity index (χ4v) is 2.90. The number of carboxylic acids is 1. The van der Waals surface area contributed by atoms with E-state index in [1.807, 2.05) is 0 Å². The molecule has 2 N–H and O–H groups in total. The van der Waals surface area contributed by atoms with Crippen LogP contribution in [-0.2, 0) is 21.9 Å². The number of sulfonamides is 1. The number of aromatic nitrogens is 1. The standard InChI is InChI=1S/C11H18N2O4S/c1-11(2,3)9(10(14)15)12-18(16,17)8-5-6-13(4)7-8/h5-7,9,12H,1-4H3,(H,14,15)/t9-/m1/s1. The highest BCUT2D eigenvalue weighted by Crippen LogP contribution is 2.21. The van der Waals surface area contributed by atoms with Gasteiger partial charge in [-0.2, -0.15) is 4.72 Å². The van der Waals surface area contributed by atoms with Crippen molar-refractivity contribution in [2.75, 3.05) is 0 Å². The predicted molar refractivity (Wildman–Crippen MR) is 66.6 cm³/mol. The second-order valence-corrected chi connectivity index (χ2v) is 6.99. The maximum atomic E-state index is 12.0. The Labute approximate surface area is 107 Å². The fourth-order valence-electron chi connectivity index (χ4n) is 1.46. The summed E-state index contributed by atoms with van der Waals surface area (Å²) in [5.41, 5.74) is -0.715. The summed E-state index contributed by atoms with van der Waals surface area (Å²) < 4.78 is 27.8. The van der Waals surface area contributed by atoms with E-state index in [9.17, 15) is 13.2 Å². The molecule has 0 bridgehead atoms. The van der Waals surface area contributed by atoms with Gasteiger partial charge in [0.05, 0.1) is 4.90 Å². The van der Waals surface area contributed by atoms with E-state index >= 15 is 0 Å². The van der Waals surface area contributed by atoms with Crippen molar-refractivity contribution >= 4 is 16.0 Å². The van der Waals surface area contributed by atoms with Crippen LogP contribution in [0.4, 0.5) is 0 Å². The van der Waals surface area contributed by atoms with Gasteiger partial charge >= 0.3 is 5.97 Å². The minimum atomic E-state index is -3.82. The molecule has 0 unspecified atom stereocenters. The number of carboxylic acid groups (broad SMARTS) is 1. The third-order valence-corrected chi connectivity index (χ3v) is 3.91. The SMILES string of the molecule is Cn1ccc(S(=O)(=O)N[C@H](C(=O)O)C(C)(C)C)c1. The maximum Gasteiger partial charge on any atom is 0.322 e. The zero-order valence-electron chi connectivity index (χ0n) is 10.8. The lowest BCUT2D eigenvalue weighted by atomic mass is 9.88. The molecule has 0 aliphatic heterocycles. The van der Waals surface area contributed by atoms with Crippen molar-refractivity contribution in [3.8, 4) is 0 Å². The molecule has 0 radical (unpaired) electrons. The van der Waals surface area contributed by atoms with Crippen molar-refractivity contribution in [2.24, 2.45) is 12.5 Å². The second kappa shape index (κ2) is 4.74. The first-order chi connectivity index (χ1) is 8.04. The van der Waals surface area contributed by atoms with Gasteiger partial charge in [-0.15, -0.1) is 0 Å². The molecule has 1 rings (SSSR count). The van der Waals surface area contributed by atoms with Gasteiger partial charge in [-0.05, 0) is 11.5 Å². The van der Waals surface area contributed by atoms with Crippen LogP contribution in [-0.4, -0.2) is 30.1 Å². The third kappa shape index (κ3) is 3.33. The third-order valence-electron chi connectivity index (χ3n) is 2.50. The van der Waals surface area contributed by atoms with Crippen molar-refractivity contribution in [1.82, 2.24) is 9.29 Å². The Hall–Kier alpha value is -1.34. The number of rotatable bonds is 4. The molecule has 0 aliphatic carbocycles. The van der Waals surface area contributed by atoms with Crippen LogP contribution >= 0.6 is 0 Å². The van der Waals surface area contributed by atoms with Gasteiger partial charge in [0.2, 0.25) is 10.0 Å². The number of hydrogen-bond donors (Lipinski definition) is 2. The minimum absolute atomic E-state index is 0.0560. The Morgan fingerprint density at radius 3 is 2.33 bits per heavy atom. The lowest BCUT2D eigenvalue weighted by Crippen LogP contribution is -2.48. The average Bonchev–Trinajstić information content (AvgIpc) is 2.60. The monoisotopic (exact) mass is 274 g/mol. The lowest BCUT2D eigenvalue weighted by Gasteiger charge is -2.27. The Balaban J connectivity index is 3.05. The Morgan fingerprint density at radius 2 is 2.00 bits per heavy atom. The van der Waals surface area contributed by atoms with Crippen molar-refractivity contribution in [3.05, 3.63) is 18.5 Å². The number of aliphatic carboxylic acids is 1. The molecule has 6 nitrogen and oxygen atoms in total. The van der Waals surface area contributed by atoms with Crippen molar-refractivity contribution in [2.45, 2.75) is 31.7 Å². The number of carbonyl (C=O) groups is 1. The molecule has 0 amide bonds. The molecule has 18 heavy (non-hydrogen) atoms. The number of aryl methyl sites for hydroxylation is 1. The molecule has 0 aliphatic rings. The lowest BCUT2D eigenvalue weighted by molar-refractivity contribution is -0.141. The smallest absolute Gasteiger partial charge is 0.322 e. The van der Waals surface area contributed by atoms with E-state index in [1.54, 1.807) is 38.6 Å². The summed E-state index contributed by atoms with van der Waals surface area (Å²) in [6.45, 7) is 5.00. The zero-order valence-corrected chi connectivity index (χ0v) is 11.7. The fraction of sp³-hybridized carbons (Fsp3) is 0.545. The Morgan fingerprint density at radius 1 is 1.44 bits per heavy atom. The summed E-state index contributed by atoms with van der Waals surface area (Å²) in [7, 11) is -2.13. The van der Waals surface area contributed by atoms with Gasteiger partial charge in [0.25, 0.3) is 0 Å². The van der Waals surface area contributed by atoms with E-state index < -0.39 is 27.4 Å². The number of hydrogen-bond acceptors (Lipinski definition) is 3. The molecule has 102 valence electrons. The van der Waals surface area contributed by atoms with Crippen LogP contribution in [0.2, 0.25) is 0 Å². The molecule has 7 heteroatoms. The minimum Gasteiger partial charge on any atom is -0.480 e. The first-order valence-corrected chi connectivity index (χ1v) is 6.89. The molecule has 0 saturated heterocycles. The molecule has 1 aromatic heterocycles. The molecule has 1 aromatic rings. The molecule has 0 fully saturated rings. The van der Waals surface area contributed by atoms with Gasteiger partial charge in [-0.25, -0.2) is 8.42 Å². The number of nitrogens with one attached hydrogen (secondary N) is 1. The van der Waals surface area contributed by atoms with Crippen LogP contribution in [0.1, 0.15) is 20.8 Å². The molecular weight excluding hydrogens is 256 g/mol. The van der Waals surface area contributed by atoms with Gasteiger partial charge in [0, 0.05) is 19.4 Å². The Bertz CT molecular complexity index is 540. The van der Waals surface area contributed by atoms with E-state index in [0.717, 1.165) is 0 Å². The van der Waals surface area contributed by atoms with Crippen molar-refractivity contribution in [3.63, 3.8) is 0 Å². The van der Waals surface area contributed by atoms with Crippen LogP contribution in [0.3, 0.4) is 0 Å². The van der Waals surface area contributed by atoms with Crippen molar-refractivity contribution in [1.29, 1.82) is 0 Å². The highest BCUT2D eigenvalue weighted by molar-refractivity contribution is 7.89. The summed E-state index contributed by atoms with van der Waals surface area (Å²) in [6, 6.07) is 0.242. The van der Waals surface area contributed by atoms with Gasteiger partial charge in [-0.1, -0.05) is 20.8 Å². The van der Waals surface area contributed by atoms with Gasteiger partial charge in [0.15, 0.2) is 0 Å². The molecule has 0 spiro atoms. The second-order valence-electron chi connectivity index (χ2n) is 5.27. The Kier molecular flexibility index (Phi) is 3.87. The normalized spacial score (nSPS) is 14.4. The van der Waals surface area contributed by atoms with E-state index in [-0.39, 0.29) is 4.90 Å². The molecule has 0 saturated carbocycles. The highest BCUT2D eigenvalue weighted by atomic mass is 32.2. The van der Waals surface area contributed by atoms with Crippen LogP contribution < -0.4 is 4.72 Å².